The molecular weight excluding hydrogens is 274 g/mol. The Morgan fingerprint density at radius 2 is 2.05 bits per heavy atom. The van der Waals surface area contributed by atoms with Crippen molar-refractivity contribution in [3.63, 3.8) is 0 Å². The molecule has 2 heterocycles. The molecule has 2 rings (SSSR count). The number of anilines is 1. The molecule has 1 aliphatic heterocycles. The van der Waals surface area contributed by atoms with Crippen LogP contribution < -0.4 is 5.32 Å². The van der Waals surface area contributed by atoms with Gasteiger partial charge in [-0.1, -0.05) is 25.4 Å². The minimum atomic E-state index is -0.0608. The Bertz CT molecular complexity index is 482. The van der Waals surface area contributed by atoms with Gasteiger partial charge in [0.15, 0.2) is 0 Å². The van der Waals surface area contributed by atoms with E-state index in [9.17, 15) is 4.79 Å². The van der Waals surface area contributed by atoms with Crippen LogP contribution >= 0.6 is 11.6 Å². The summed E-state index contributed by atoms with van der Waals surface area (Å²) in [6, 6.07) is 3.48. The van der Waals surface area contributed by atoms with Gasteiger partial charge in [0.2, 0.25) is 0 Å². The first-order valence-electron chi connectivity index (χ1n) is 7.16. The Balaban J connectivity index is 2.09. The van der Waals surface area contributed by atoms with Gasteiger partial charge >= 0.3 is 0 Å². The topological polar surface area (TPSA) is 45.2 Å². The molecule has 1 aromatic rings. The highest BCUT2D eigenvalue weighted by molar-refractivity contribution is 6.33. The molecule has 4 nitrogen and oxygen atoms in total. The zero-order valence-corrected chi connectivity index (χ0v) is 13.1. The van der Waals surface area contributed by atoms with Crippen LogP contribution in [0.1, 0.15) is 37.2 Å². The van der Waals surface area contributed by atoms with Crippen molar-refractivity contribution in [1.82, 2.24) is 9.88 Å². The predicted molar refractivity (Wildman–Crippen MR) is 82.3 cm³/mol. The summed E-state index contributed by atoms with van der Waals surface area (Å²) in [6.45, 7) is 6.08. The van der Waals surface area contributed by atoms with Crippen LogP contribution in [0.3, 0.4) is 0 Å². The zero-order chi connectivity index (χ0) is 14.7. The van der Waals surface area contributed by atoms with Crippen molar-refractivity contribution in [1.29, 1.82) is 0 Å². The van der Waals surface area contributed by atoms with Gasteiger partial charge in [-0.2, -0.15) is 0 Å². The van der Waals surface area contributed by atoms with Crippen molar-refractivity contribution in [3.05, 3.63) is 22.8 Å². The summed E-state index contributed by atoms with van der Waals surface area (Å²) in [5.41, 5.74) is 0.349. The molecule has 0 saturated carbocycles. The standard InChI is InChI=1S/C15H22ClN3O/c1-10(2)11-6-8-19(9-7-11)15(20)14-12(16)4-5-13(17-3)18-14/h4-5,10-11H,6-9H2,1-3H3,(H,17,18). The van der Waals surface area contributed by atoms with Gasteiger partial charge in [-0.05, 0) is 36.8 Å². The zero-order valence-electron chi connectivity index (χ0n) is 12.3. The third-order valence-electron chi connectivity index (χ3n) is 4.07. The van der Waals surface area contributed by atoms with E-state index in [2.05, 4.69) is 24.1 Å². The van der Waals surface area contributed by atoms with Crippen molar-refractivity contribution in [2.24, 2.45) is 11.8 Å². The molecule has 1 amide bonds. The second-order valence-electron chi connectivity index (χ2n) is 5.65. The van der Waals surface area contributed by atoms with Crippen LogP contribution in [0.15, 0.2) is 12.1 Å². The average Bonchev–Trinajstić information content (AvgIpc) is 2.47. The number of aromatic nitrogens is 1. The van der Waals surface area contributed by atoms with E-state index in [-0.39, 0.29) is 5.91 Å². The second kappa shape index (κ2) is 6.44. The summed E-state index contributed by atoms with van der Waals surface area (Å²) in [4.78, 5) is 18.7. The molecule has 0 atom stereocenters. The fraction of sp³-hybridized carbons (Fsp3) is 0.600. The van der Waals surface area contributed by atoms with Crippen LogP contribution in [0.25, 0.3) is 0 Å². The summed E-state index contributed by atoms with van der Waals surface area (Å²) in [7, 11) is 1.78. The van der Waals surface area contributed by atoms with E-state index >= 15 is 0 Å². The largest absolute Gasteiger partial charge is 0.373 e. The number of carbonyl (C=O) groups excluding carboxylic acids is 1. The molecule has 1 aromatic heterocycles. The smallest absolute Gasteiger partial charge is 0.274 e. The molecule has 1 N–H and O–H groups in total. The fourth-order valence-corrected chi connectivity index (χ4v) is 2.84. The van der Waals surface area contributed by atoms with Crippen molar-refractivity contribution < 1.29 is 4.79 Å². The van der Waals surface area contributed by atoms with Crippen molar-refractivity contribution in [2.75, 3.05) is 25.5 Å². The lowest BCUT2D eigenvalue weighted by molar-refractivity contribution is 0.0662. The molecule has 0 aliphatic carbocycles. The maximum Gasteiger partial charge on any atom is 0.274 e. The first kappa shape index (κ1) is 15.1. The minimum absolute atomic E-state index is 0.0608. The number of amides is 1. The SMILES string of the molecule is CNc1ccc(Cl)c(C(=O)N2CCC(C(C)C)CC2)n1. The van der Waals surface area contributed by atoms with E-state index in [4.69, 9.17) is 11.6 Å². The average molecular weight is 296 g/mol. The second-order valence-corrected chi connectivity index (χ2v) is 6.06. The number of likely N-dealkylation sites (tertiary alicyclic amines) is 1. The molecule has 1 aliphatic rings. The Labute approximate surface area is 125 Å². The van der Waals surface area contributed by atoms with Crippen LogP contribution in [0, 0.1) is 11.8 Å². The van der Waals surface area contributed by atoms with Gasteiger partial charge in [0, 0.05) is 20.1 Å². The molecule has 0 unspecified atom stereocenters. The number of pyridine rings is 1. The van der Waals surface area contributed by atoms with Gasteiger partial charge in [-0.15, -0.1) is 0 Å². The van der Waals surface area contributed by atoms with Crippen LogP contribution in [0.5, 0.6) is 0 Å². The number of nitrogens with zero attached hydrogens (tertiary/aromatic N) is 2. The molecule has 0 bridgehead atoms. The van der Waals surface area contributed by atoms with E-state index in [1.807, 2.05) is 4.90 Å². The molecule has 0 aromatic carbocycles. The van der Waals surface area contributed by atoms with Gasteiger partial charge in [-0.25, -0.2) is 4.98 Å². The van der Waals surface area contributed by atoms with E-state index in [0.29, 0.717) is 28.4 Å². The van der Waals surface area contributed by atoms with Crippen molar-refractivity contribution in [2.45, 2.75) is 26.7 Å². The first-order valence-corrected chi connectivity index (χ1v) is 7.54. The third-order valence-corrected chi connectivity index (χ3v) is 4.38. The maximum atomic E-state index is 12.5. The molecule has 0 spiro atoms. The van der Waals surface area contributed by atoms with E-state index in [0.717, 1.165) is 25.9 Å². The number of piperidine rings is 1. The number of rotatable bonds is 3. The Morgan fingerprint density at radius 3 is 2.60 bits per heavy atom. The first-order chi connectivity index (χ1) is 9.52. The number of nitrogens with one attached hydrogen (secondary N) is 1. The van der Waals surface area contributed by atoms with Gasteiger partial charge < -0.3 is 10.2 Å². The van der Waals surface area contributed by atoms with Crippen molar-refractivity contribution in [3.8, 4) is 0 Å². The highest BCUT2D eigenvalue weighted by atomic mass is 35.5. The lowest BCUT2D eigenvalue weighted by Crippen LogP contribution is -2.40. The summed E-state index contributed by atoms with van der Waals surface area (Å²) >= 11 is 6.11. The summed E-state index contributed by atoms with van der Waals surface area (Å²) < 4.78 is 0. The number of halogens is 1. The minimum Gasteiger partial charge on any atom is -0.373 e. The van der Waals surface area contributed by atoms with Crippen LogP contribution in [-0.4, -0.2) is 35.9 Å². The Hall–Kier alpha value is -1.29. The van der Waals surface area contributed by atoms with Gasteiger partial charge in [0.25, 0.3) is 5.91 Å². The fourth-order valence-electron chi connectivity index (χ4n) is 2.65. The van der Waals surface area contributed by atoms with Crippen LogP contribution in [0.2, 0.25) is 5.02 Å². The lowest BCUT2D eigenvalue weighted by Gasteiger charge is -2.33. The van der Waals surface area contributed by atoms with E-state index in [1.54, 1.807) is 19.2 Å². The summed E-state index contributed by atoms with van der Waals surface area (Å²) in [5, 5.41) is 3.35. The molecular formula is C15H22ClN3O. The van der Waals surface area contributed by atoms with E-state index in [1.165, 1.54) is 0 Å². The maximum absolute atomic E-state index is 12.5. The van der Waals surface area contributed by atoms with Gasteiger partial charge in [-0.3, -0.25) is 4.79 Å². The number of hydrogen-bond donors (Lipinski definition) is 1. The van der Waals surface area contributed by atoms with Crippen LogP contribution in [-0.2, 0) is 0 Å². The summed E-state index contributed by atoms with van der Waals surface area (Å²) in [5.74, 6) is 2.00. The van der Waals surface area contributed by atoms with Crippen LogP contribution in [0.4, 0.5) is 5.82 Å². The quantitative estimate of drug-likeness (QED) is 0.931. The molecule has 110 valence electrons. The highest BCUT2D eigenvalue weighted by Crippen LogP contribution is 2.26. The molecule has 1 fully saturated rings. The normalized spacial score (nSPS) is 16.6. The third kappa shape index (κ3) is 3.23. The highest BCUT2D eigenvalue weighted by Gasteiger charge is 2.27. The molecule has 5 heteroatoms. The lowest BCUT2D eigenvalue weighted by atomic mass is 9.86. The van der Waals surface area contributed by atoms with E-state index < -0.39 is 0 Å². The van der Waals surface area contributed by atoms with Gasteiger partial charge in [0.05, 0.1) is 5.02 Å². The van der Waals surface area contributed by atoms with Gasteiger partial charge in [0.1, 0.15) is 11.5 Å². The predicted octanol–water partition coefficient (Wildman–Crippen LogP) is 3.28. The summed E-state index contributed by atoms with van der Waals surface area (Å²) in [6.07, 6.45) is 2.12. The molecule has 20 heavy (non-hydrogen) atoms. The number of hydrogen-bond acceptors (Lipinski definition) is 3. The molecule has 0 radical (unpaired) electrons. The van der Waals surface area contributed by atoms with Crippen molar-refractivity contribution >= 4 is 23.3 Å². The monoisotopic (exact) mass is 295 g/mol. The molecule has 1 saturated heterocycles. The Morgan fingerprint density at radius 1 is 1.40 bits per heavy atom. The Kier molecular flexibility index (Phi) is 4.86. The number of carbonyl (C=O) groups is 1.